The SMILES string of the molecule is CC(Sc1nncn1C)C(=O)Nc1nnc(-c2ccc(Cl)cc2)s1. The lowest BCUT2D eigenvalue weighted by atomic mass is 10.2. The predicted octanol–water partition coefficient (Wildman–Crippen LogP) is 3.11. The number of hydrogen-bond donors (Lipinski definition) is 1. The molecular weight excluding hydrogens is 368 g/mol. The normalized spacial score (nSPS) is 12.1. The predicted molar refractivity (Wildman–Crippen MR) is 95.3 cm³/mol. The minimum absolute atomic E-state index is 0.165. The van der Waals surface area contributed by atoms with Crippen molar-refractivity contribution in [3.05, 3.63) is 35.6 Å². The number of halogens is 1. The second-order valence-corrected chi connectivity index (χ2v) is 7.61. The van der Waals surface area contributed by atoms with Crippen LogP contribution >= 0.6 is 34.7 Å². The Morgan fingerprint density at radius 2 is 2.04 bits per heavy atom. The molecule has 0 aliphatic rings. The molecule has 3 rings (SSSR count). The third kappa shape index (κ3) is 3.92. The quantitative estimate of drug-likeness (QED) is 0.684. The van der Waals surface area contributed by atoms with E-state index in [1.165, 1.54) is 23.1 Å². The zero-order chi connectivity index (χ0) is 17.1. The first kappa shape index (κ1) is 16.9. The number of aryl methyl sites for hydroxylation is 1. The van der Waals surface area contributed by atoms with Crippen molar-refractivity contribution in [1.29, 1.82) is 0 Å². The Kier molecular flexibility index (Phi) is 5.12. The Bertz CT molecular complexity index is 847. The van der Waals surface area contributed by atoms with Crippen LogP contribution in [0.15, 0.2) is 35.7 Å². The summed E-state index contributed by atoms with van der Waals surface area (Å²) in [5.74, 6) is -0.165. The summed E-state index contributed by atoms with van der Waals surface area (Å²) >= 11 is 8.51. The summed E-state index contributed by atoms with van der Waals surface area (Å²) in [6, 6.07) is 7.30. The van der Waals surface area contributed by atoms with Gasteiger partial charge < -0.3 is 4.57 Å². The average Bonchev–Trinajstić information content (AvgIpc) is 3.18. The van der Waals surface area contributed by atoms with E-state index < -0.39 is 0 Å². The van der Waals surface area contributed by atoms with Crippen LogP contribution in [0.3, 0.4) is 0 Å². The van der Waals surface area contributed by atoms with E-state index in [1.54, 1.807) is 30.0 Å². The second kappa shape index (κ2) is 7.29. The van der Waals surface area contributed by atoms with Gasteiger partial charge in [0, 0.05) is 17.6 Å². The number of nitrogens with zero attached hydrogens (tertiary/aromatic N) is 5. The Hall–Kier alpha value is -1.97. The Labute approximate surface area is 151 Å². The highest BCUT2D eigenvalue weighted by Crippen LogP contribution is 2.28. The lowest BCUT2D eigenvalue weighted by molar-refractivity contribution is -0.115. The van der Waals surface area contributed by atoms with Crippen molar-refractivity contribution in [2.24, 2.45) is 7.05 Å². The molecule has 24 heavy (non-hydrogen) atoms. The summed E-state index contributed by atoms with van der Waals surface area (Å²) in [4.78, 5) is 12.3. The Morgan fingerprint density at radius 1 is 1.29 bits per heavy atom. The largest absolute Gasteiger partial charge is 0.312 e. The molecular formula is C14H13ClN6OS2. The maximum atomic E-state index is 12.3. The van der Waals surface area contributed by atoms with Gasteiger partial charge in [0.1, 0.15) is 11.3 Å². The van der Waals surface area contributed by atoms with Crippen LogP contribution in [0.1, 0.15) is 6.92 Å². The average molecular weight is 381 g/mol. The molecule has 0 aliphatic carbocycles. The van der Waals surface area contributed by atoms with Crippen molar-refractivity contribution < 1.29 is 4.79 Å². The molecule has 0 bridgehead atoms. The lowest BCUT2D eigenvalue weighted by Gasteiger charge is -2.08. The number of carbonyl (C=O) groups is 1. The number of rotatable bonds is 5. The zero-order valence-electron chi connectivity index (χ0n) is 12.8. The van der Waals surface area contributed by atoms with Crippen LogP contribution in [0.2, 0.25) is 5.02 Å². The van der Waals surface area contributed by atoms with Crippen molar-refractivity contribution in [3.63, 3.8) is 0 Å². The molecule has 10 heteroatoms. The summed E-state index contributed by atoms with van der Waals surface area (Å²) < 4.78 is 1.76. The summed E-state index contributed by atoms with van der Waals surface area (Å²) in [7, 11) is 1.83. The molecule has 124 valence electrons. The van der Waals surface area contributed by atoms with Crippen LogP contribution in [0.4, 0.5) is 5.13 Å². The standard InChI is InChI=1S/C14H13ClN6OS2/c1-8(23-14-20-16-7-21(14)2)11(22)17-13-19-18-12(24-13)9-3-5-10(15)6-4-9/h3-8H,1-2H3,(H,17,19,22). The highest BCUT2D eigenvalue weighted by atomic mass is 35.5. The molecule has 2 heterocycles. The van der Waals surface area contributed by atoms with E-state index in [-0.39, 0.29) is 11.2 Å². The minimum atomic E-state index is -0.337. The number of benzene rings is 1. The van der Waals surface area contributed by atoms with Crippen LogP contribution in [0, 0.1) is 0 Å². The number of thioether (sulfide) groups is 1. The molecule has 3 aromatic rings. The molecule has 0 saturated heterocycles. The molecule has 0 aliphatic heterocycles. The molecule has 1 amide bonds. The molecule has 1 aromatic carbocycles. The van der Waals surface area contributed by atoms with Gasteiger partial charge in [0.25, 0.3) is 0 Å². The first-order valence-electron chi connectivity index (χ1n) is 6.94. The number of nitrogens with one attached hydrogen (secondary N) is 1. The fraction of sp³-hybridized carbons (Fsp3) is 0.214. The van der Waals surface area contributed by atoms with Gasteiger partial charge in [-0.3, -0.25) is 10.1 Å². The Morgan fingerprint density at radius 3 is 2.71 bits per heavy atom. The number of anilines is 1. The van der Waals surface area contributed by atoms with Crippen LogP contribution in [-0.4, -0.2) is 36.1 Å². The molecule has 0 spiro atoms. The fourth-order valence-electron chi connectivity index (χ4n) is 1.78. The van der Waals surface area contributed by atoms with Crippen molar-refractivity contribution in [2.75, 3.05) is 5.32 Å². The molecule has 1 unspecified atom stereocenters. The van der Waals surface area contributed by atoms with Gasteiger partial charge in [0.15, 0.2) is 5.16 Å². The highest BCUT2D eigenvalue weighted by Gasteiger charge is 2.19. The molecule has 0 saturated carbocycles. The first-order valence-corrected chi connectivity index (χ1v) is 9.01. The van der Waals surface area contributed by atoms with Crippen LogP contribution in [-0.2, 0) is 11.8 Å². The number of carbonyl (C=O) groups excluding carboxylic acids is 1. The molecule has 0 radical (unpaired) electrons. The van der Waals surface area contributed by atoms with Gasteiger partial charge in [0.2, 0.25) is 11.0 Å². The van der Waals surface area contributed by atoms with E-state index in [4.69, 9.17) is 11.6 Å². The Balaban J connectivity index is 1.64. The van der Waals surface area contributed by atoms with Gasteiger partial charge in [-0.1, -0.05) is 46.8 Å². The zero-order valence-corrected chi connectivity index (χ0v) is 15.2. The lowest BCUT2D eigenvalue weighted by Crippen LogP contribution is -2.22. The number of amides is 1. The van der Waals surface area contributed by atoms with Gasteiger partial charge in [-0.15, -0.1) is 20.4 Å². The van der Waals surface area contributed by atoms with Crippen molar-refractivity contribution in [3.8, 4) is 10.6 Å². The highest BCUT2D eigenvalue weighted by molar-refractivity contribution is 8.00. The van der Waals surface area contributed by atoms with E-state index in [0.29, 0.717) is 15.3 Å². The molecule has 1 atom stereocenters. The van der Waals surface area contributed by atoms with E-state index in [0.717, 1.165) is 10.6 Å². The van der Waals surface area contributed by atoms with Gasteiger partial charge >= 0.3 is 0 Å². The molecule has 2 aromatic heterocycles. The molecule has 7 nitrogen and oxygen atoms in total. The molecule has 1 N–H and O–H groups in total. The number of hydrogen-bond acceptors (Lipinski definition) is 7. The van der Waals surface area contributed by atoms with Gasteiger partial charge in [0.05, 0.1) is 5.25 Å². The van der Waals surface area contributed by atoms with Crippen molar-refractivity contribution in [1.82, 2.24) is 25.0 Å². The summed E-state index contributed by atoms with van der Waals surface area (Å²) in [5.41, 5.74) is 0.902. The van der Waals surface area contributed by atoms with E-state index in [1.807, 2.05) is 19.2 Å². The van der Waals surface area contributed by atoms with Gasteiger partial charge in [-0.05, 0) is 19.1 Å². The third-order valence-corrected chi connectivity index (χ3v) is 5.36. The maximum absolute atomic E-state index is 12.3. The summed E-state index contributed by atoms with van der Waals surface area (Å²) in [6.07, 6.45) is 1.59. The molecule has 0 fully saturated rings. The maximum Gasteiger partial charge on any atom is 0.239 e. The summed E-state index contributed by atoms with van der Waals surface area (Å²) in [5, 5.41) is 20.8. The van der Waals surface area contributed by atoms with Crippen molar-refractivity contribution >= 4 is 45.7 Å². The summed E-state index contributed by atoms with van der Waals surface area (Å²) in [6.45, 7) is 1.80. The van der Waals surface area contributed by atoms with E-state index in [2.05, 4.69) is 25.7 Å². The smallest absolute Gasteiger partial charge is 0.239 e. The van der Waals surface area contributed by atoms with E-state index in [9.17, 15) is 4.79 Å². The monoisotopic (exact) mass is 380 g/mol. The number of aromatic nitrogens is 5. The minimum Gasteiger partial charge on any atom is -0.312 e. The van der Waals surface area contributed by atoms with Gasteiger partial charge in [-0.25, -0.2) is 0 Å². The van der Waals surface area contributed by atoms with Crippen LogP contribution in [0.25, 0.3) is 10.6 Å². The third-order valence-electron chi connectivity index (χ3n) is 3.07. The van der Waals surface area contributed by atoms with E-state index >= 15 is 0 Å². The van der Waals surface area contributed by atoms with Crippen LogP contribution < -0.4 is 5.32 Å². The topological polar surface area (TPSA) is 85.6 Å². The van der Waals surface area contributed by atoms with Gasteiger partial charge in [-0.2, -0.15) is 0 Å². The fourth-order valence-corrected chi connectivity index (χ4v) is 3.45. The van der Waals surface area contributed by atoms with Crippen LogP contribution in [0.5, 0.6) is 0 Å². The first-order chi connectivity index (χ1) is 11.5. The second-order valence-electron chi connectivity index (χ2n) is 4.89. The van der Waals surface area contributed by atoms with Crippen molar-refractivity contribution in [2.45, 2.75) is 17.3 Å².